The zero-order valence-corrected chi connectivity index (χ0v) is 20.3. The Labute approximate surface area is 198 Å². The van der Waals surface area contributed by atoms with Crippen molar-refractivity contribution >= 4 is 18.4 Å². The van der Waals surface area contributed by atoms with Gasteiger partial charge in [-0.1, -0.05) is 13.0 Å². The summed E-state index contributed by atoms with van der Waals surface area (Å²) < 4.78 is 16.2. The number of nitrogens with zero attached hydrogens (tertiary/aromatic N) is 1. The molecule has 0 bridgehead atoms. The third-order valence-corrected chi connectivity index (χ3v) is 6.01. The summed E-state index contributed by atoms with van der Waals surface area (Å²) in [7, 11) is 1.72. The number of hydrogen-bond acceptors (Lipinski definition) is 5. The average molecular weight is 462 g/mol. The SMILES string of the molecule is CCOc1ccc(C(=O)OCCCCN(CC)C2CCc3cc(OC)ccc3C2)cc1.Cl. The number of fused-ring (bicyclic) bond motifs is 1. The number of likely N-dealkylation sites (N-methyl/N-ethyl adjacent to an activating group) is 1. The number of unbranched alkanes of at least 4 members (excludes halogenated alkanes) is 1. The Morgan fingerprint density at radius 2 is 1.78 bits per heavy atom. The van der Waals surface area contributed by atoms with Gasteiger partial charge in [-0.05, 0) is 99.6 Å². The van der Waals surface area contributed by atoms with E-state index in [0.717, 1.165) is 50.3 Å². The third kappa shape index (κ3) is 7.14. The van der Waals surface area contributed by atoms with E-state index in [2.05, 4.69) is 30.0 Å². The van der Waals surface area contributed by atoms with Gasteiger partial charge in [0, 0.05) is 6.04 Å². The second kappa shape index (κ2) is 13.3. The molecule has 5 nitrogen and oxygen atoms in total. The smallest absolute Gasteiger partial charge is 0.338 e. The molecule has 1 unspecified atom stereocenters. The van der Waals surface area contributed by atoms with Crippen LogP contribution in [0.1, 0.15) is 54.6 Å². The topological polar surface area (TPSA) is 48.0 Å². The predicted octanol–water partition coefficient (Wildman–Crippen LogP) is 5.33. The molecule has 0 aliphatic heterocycles. The van der Waals surface area contributed by atoms with E-state index in [1.807, 2.05) is 6.92 Å². The summed E-state index contributed by atoms with van der Waals surface area (Å²) in [6, 6.07) is 14.2. The fraction of sp³-hybridized carbons (Fsp3) is 0.500. The van der Waals surface area contributed by atoms with Crippen LogP contribution in [0.3, 0.4) is 0 Å². The minimum atomic E-state index is -0.269. The number of benzene rings is 2. The summed E-state index contributed by atoms with van der Waals surface area (Å²) >= 11 is 0. The van der Waals surface area contributed by atoms with Crippen LogP contribution in [0, 0.1) is 0 Å². The second-order valence-electron chi connectivity index (χ2n) is 7.96. The zero-order valence-electron chi connectivity index (χ0n) is 19.5. The van der Waals surface area contributed by atoms with Gasteiger partial charge in [-0.25, -0.2) is 4.79 Å². The zero-order chi connectivity index (χ0) is 22.1. The van der Waals surface area contributed by atoms with Gasteiger partial charge in [0.15, 0.2) is 0 Å². The van der Waals surface area contributed by atoms with Crippen molar-refractivity contribution in [2.24, 2.45) is 0 Å². The molecule has 1 aliphatic carbocycles. The highest BCUT2D eigenvalue weighted by Gasteiger charge is 2.23. The third-order valence-electron chi connectivity index (χ3n) is 6.01. The largest absolute Gasteiger partial charge is 0.497 e. The van der Waals surface area contributed by atoms with Crippen LogP contribution in [0.4, 0.5) is 0 Å². The van der Waals surface area contributed by atoms with E-state index in [1.165, 1.54) is 17.5 Å². The first-order chi connectivity index (χ1) is 15.1. The molecule has 1 aliphatic rings. The van der Waals surface area contributed by atoms with Crippen LogP contribution in [-0.4, -0.2) is 50.3 Å². The quantitative estimate of drug-likeness (QED) is 0.334. The van der Waals surface area contributed by atoms with Gasteiger partial charge in [0.2, 0.25) is 0 Å². The lowest BCUT2D eigenvalue weighted by atomic mass is 9.87. The molecule has 176 valence electrons. The molecule has 2 aromatic rings. The molecule has 0 spiro atoms. The van der Waals surface area contributed by atoms with Crippen LogP contribution < -0.4 is 9.47 Å². The summed E-state index contributed by atoms with van der Waals surface area (Å²) in [5, 5.41) is 0. The number of halogens is 1. The van der Waals surface area contributed by atoms with Gasteiger partial charge in [-0.2, -0.15) is 0 Å². The van der Waals surface area contributed by atoms with E-state index in [4.69, 9.17) is 14.2 Å². The lowest BCUT2D eigenvalue weighted by Gasteiger charge is -2.34. The molecule has 3 rings (SSSR count). The van der Waals surface area contributed by atoms with Crippen molar-refractivity contribution < 1.29 is 19.0 Å². The summed E-state index contributed by atoms with van der Waals surface area (Å²) in [6.07, 6.45) is 5.28. The van der Waals surface area contributed by atoms with Crippen molar-refractivity contribution in [3.63, 3.8) is 0 Å². The van der Waals surface area contributed by atoms with Gasteiger partial charge in [0.05, 0.1) is 25.9 Å². The van der Waals surface area contributed by atoms with E-state index < -0.39 is 0 Å². The van der Waals surface area contributed by atoms with Crippen LogP contribution in [0.25, 0.3) is 0 Å². The van der Waals surface area contributed by atoms with Crippen molar-refractivity contribution in [1.82, 2.24) is 4.90 Å². The molecule has 0 saturated heterocycles. The Kier molecular flexibility index (Phi) is 10.8. The normalized spacial score (nSPS) is 14.9. The van der Waals surface area contributed by atoms with E-state index in [-0.39, 0.29) is 18.4 Å². The molecule has 0 aromatic heterocycles. The van der Waals surface area contributed by atoms with Crippen LogP contribution in [0.15, 0.2) is 42.5 Å². The number of carbonyl (C=O) groups excluding carboxylic acids is 1. The van der Waals surface area contributed by atoms with E-state index >= 15 is 0 Å². The highest BCUT2D eigenvalue weighted by molar-refractivity contribution is 5.89. The molecule has 0 saturated carbocycles. The molecular formula is C26H36ClNO4. The van der Waals surface area contributed by atoms with Gasteiger partial charge >= 0.3 is 5.97 Å². The molecule has 0 fully saturated rings. The molecule has 32 heavy (non-hydrogen) atoms. The molecule has 0 amide bonds. The summed E-state index contributed by atoms with van der Waals surface area (Å²) in [6.45, 7) is 7.31. The molecule has 0 N–H and O–H groups in total. The summed E-state index contributed by atoms with van der Waals surface area (Å²) in [5.41, 5.74) is 3.43. The van der Waals surface area contributed by atoms with Gasteiger partial charge in [-0.3, -0.25) is 0 Å². The fourth-order valence-corrected chi connectivity index (χ4v) is 4.27. The first-order valence-corrected chi connectivity index (χ1v) is 11.4. The Morgan fingerprint density at radius 1 is 1.03 bits per heavy atom. The van der Waals surface area contributed by atoms with Gasteiger partial charge < -0.3 is 19.1 Å². The van der Waals surface area contributed by atoms with Crippen LogP contribution in [0.5, 0.6) is 11.5 Å². The van der Waals surface area contributed by atoms with Crippen molar-refractivity contribution in [3.8, 4) is 11.5 Å². The summed E-state index contributed by atoms with van der Waals surface area (Å²) in [5.74, 6) is 1.45. The predicted molar refractivity (Wildman–Crippen MR) is 130 cm³/mol. The van der Waals surface area contributed by atoms with Crippen molar-refractivity contribution in [2.75, 3.05) is 33.4 Å². The second-order valence-corrected chi connectivity index (χ2v) is 7.96. The highest BCUT2D eigenvalue weighted by atomic mass is 35.5. The number of hydrogen-bond donors (Lipinski definition) is 0. The summed E-state index contributed by atoms with van der Waals surface area (Å²) in [4.78, 5) is 14.8. The van der Waals surface area contributed by atoms with Gasteiger partial charge in [0.25, 0.3) is 0 Å². The van der Waals surface area contributed by atoms with E-state index in [1.54, 1.807) is 31.4 Å². The molecule has 6 heteroatoms. The minimum Gasteiger partial charge on any atom is -0.497 e. The molecule has 0 radical (unpaired) electrons. The van der Waals surface area contributed by atoms with Crippen LogP contribution in [-0.2, 0) is 17.6 Å². The molecular weight excluding hydrogens is 426 g/mol. The average Bonchev–Trinajstić information content (AvgIpc) is 2.81. The Bertz CT molecular complexity index is 840. The first kappa shape index (κ1) is 26.0. The molecule has 0 heterocycles. The van der Waals surface area contributed by atoms with Crippen molar-refractivity contribution in [3.05, 3.63) is 59.2 Å². The molecule has 1 atom stereocenters. The Hall–Kier alpha value is -2.24. The Balaban J connectivity index is 0.00000363. The maximum atomic E-state index is 12.2. The first-order valence-electron chi connectivity index (χ1n) is 11.4. The molecule has 2 aromatic carbocycles. The van der Waals surface area contributed by atoms with Gasteiger partial charge in [-0.15, -0.1) is 12.4 Å². The maximum absolute atomic E-state index is 12.2. The number of ether oxygens (including phenoxy) is 3. The number of carbonyl (C=O) groups is 1. The van der Waals surface area contributed by atoms with Crippen molar-refractivity contribution in [1.29, 1.82) is 0 Å². The highest BCUT2D eigenvalue weighted by Crippen LogP contribution is 2.28. The lowest BCUT2D eigenvalue weighted by molar-refractivity contribution is 0.0492. The van der Waals surface area contributed by atoms with Gasteiger partial charge in [0.1, 0.15) is 11.5 Å². The van der Waals surface area contributed by atoms with Crippen LogP contribution >= 0.6 is 12.4 Å². The number of methoxy groups -OCH3 is 1. The van der Waals surface area contributed by atoms with E-state index in [0.29, 0.717) is 24.8 Å². The maximum Gasteiger partial charge on any atom is 0.338 e. The standard InChI is InChI=1S/C26H35NO4.ClH/c1-4-27(23-12-8-22-19-25(29-3)15-11-21(22)18-23)16-6-7-17-31-26(28)20-9-13-24(14-10-20)30-5-2;/h9-11,13-15,19,23H,4-8,12,16-18H2,1-3H3;1H. The minimum absolute atomic E-state index is 0. The van der Waals surface area contributed by atoms with Crippen molar-refractivity contribution in [2.45, 2.75) is 52.0 Å². The fourth-order valence-electron chi connectivity index (χ4n) is 4.27. The van der Waals surface area contributed by atoms with Crippen LogP contribution in [0.2, 0.25) is 0 Å². The number of esters is 1. The number of aryl methyl sites for hydroxylation is 1. The number of rotatable bonds is 11. The monoisotopic (exact) mass is 461 g/mol. The Morgan fingerprint density at radius 3 is 2.47 bits per heavy atom. The van der Waals surface area contributed by atoms with E-state index in [9.17, 15) is 4.79 Å². The lowest BCUT2D eigenvalue weighted by Crippen LogP contribution is -2.39.